The Hall–Kier alpha value is -2.66. The first-order chi connectivity index (χ1) is 14.1. The molecule has 1 aliphatic heterocycles. The molecule has 4 unspecified atom stereocenters. The van der Waals surface area contributed by atoms with E-state index in [1.807, 2.05) is 42.5 Å². The molecule has 5 nitrogen and oxygen atoms in total. The first kappa shape index (κ1) is 19.6. The summed E-state index contributed by atoms with van der Waals surface area (Å²) in [5.41, 5.74) is 2.89. The lowest BCUT2D eigenvalue weighted by atomic mass is 9.71. The normalized spacial score (nSPS) is 26.3. The molecule has 1 saturated heterocycles. The van der Waals surface area contributed by atoms with Crippen LogP contribution in [0.2, 0.25) is 0 Å². The fraction of sp³-hybridized carbons (Fsp3) is 0.417. The van der Waals surface area contributed by atoms with Crippen molar-refractivity contribution in [1.29, 1.82) is 0 Å². The van der Waals surface area contributed by atoms with Crippen molar-refractivity contribution >= 4 is 11.8 Å². The standard InChI is InChI=1S/C24H28N2O3/c1-29-15-19-13-23(27)26-22-14-20(11-12-21(19)22)25-24(28)18-9-7-17(8-10-18)16-5-3-2-4-6-16/h2-10,19-22H,11-15H2,1H3,(H,25,28)(H,26,27). The van der Waals surface area contributed by atoms with E-state index >= 15 is 0 Å². The van der Waals surface area contributed by atoms with Crippen LogP contribution in [-0.2, 0) is 9.53 Å². The molecule has 2 N–H and O–H groups in total. The largest absolute Gasteiger partial charge is 0.384 e. The zero-order valence-corrected chi connectivity index (χ0v) is 16.8. The summed E-state index contributed by atoms with van der Waals surface area (Å²) in [4.78, 5) is 24.8. The SMILES string of the molecule is COCC1CC(=O)NC2CC(NC(=O)c3ccc(-c4ccccc4)cc3)CCC12. The predicted octanol–water partition coefficient (Wildman–Crippen LogP) is 3.40. The van der Waals surface area contributed by atoms with Crippen molar-refractivity contribution in [2.24, 2.45) is 11.8 Å². The number of piperidine rings is 1. The Labute approximate surface area is 171 Å². The number of hydrogen-bond acceptors (Lipinski definition) is 3. The second kappa shape index (κ2) is 8.78. The molecular weight excluding hydrogens is 364 g/mol. The highest BCUT2D eigenvalue weighted by Gasteiger charge is 2.40. The number of amides is 2. The number of hydrogen-bond donors (Lipinski definition) is 2. The Kier molecular flexibility index (Phi) is 5.95. The fourth-order valence-corrected chi connectivity index (χ4v) is 4.82. The van der Waals surface area contributed by atoms with Gasteiger partial charge in [0.15, 0.2) is 0 Å². The minimum Gasteiger partial charge on any atom is -0.384 e. The van der Waals surface area contributed by atoms with E-state index in [0.717, 1.165) is 30.4 Å². The molecule has 2 aromatic rings. The zero-order chi connectivity index (χ0) is 20.2. The molecule has 0 aromatic heterocycles. The molecule has 5 heteroatoms. The van der Waals surface area contributed by atoms with Crippen molar-refractivity contribution in [1.82, 2.24) is 10.6 Å². The van der Waals surface area contributed by atoms with Crippen molar-refractivity contribution in [2.75, 3.05) is 13.7 Å². The summed E-state index contributed by atoms with van der Waals surface area (Å²) >= 11 is 0. The van der Waals surface area contributed by atoms with Gasteiger partial charge < -0.3 is 15.4 Å². The predicted molar refractivity (Wildman–Crippen MR) is 112 cm³/mol. The molecule has 2 fully saturated rings. The topological polar surface area (TPSA) is 67.4 Å². The van der Waals surface area contributed by atoms with E-state index < -0.39 is 0 Å². The Bertz CT molecular complexity index is 850. The summed E-state index contributed by atoms with van der Waals surface area (Å²) in [6.45, 7) is 0.624. The van der Waals surface area contributed by atoms with Gasteiger partial charge in [-0.2, -0.15) is 0 Å². The van der Waals surface area contributed by atoms with Gasteiger partial charge in [-0.15, -0.1) is 0 Å². The quantitative estimate of drug-likeness (QED) is 0.820. The van der Waals surface area contributed by atoms with Crippen LogP contribution in [0.4, 0.5) is 0 Å². The maximum absolute atomic E-state index is 12.7. The highest BCUT2D eigenvalue weighted by Crippen LogP contribution is 2.35. The van der Waals surface area contributed by atoms with Crippen LogP contribution in [0.25, 0.3) is 11.1 Å². The van der Waals surface area contributed by atoms with Crippen LogP contribution < -0.4 is 10.6 Å². The molecule has 0 bridgehead atoms. The van der Waals surface area contributed by atoms with Crippen LogP contribution in [0, 0.1) is 11.8 Å². The van der Waals surface area contributed by atoms with Gasteiger partial charge in [-0.25, -0.2) is 0 Å². The van der Waals surface area contributed by atoms with Gasteiger partial charge in [-0.05, 0) is 54.4 Å². The first-order valence-electron chi connectivity index (χ1n) is 10.4. The van der Waals surface area contributed by atoms with Crippen LogP contribution in [0.5, 0.6) is 0 Å². The number of nitrogens with one attached hydrogen (secondary N) is 2. The van der Waals surface area contributed by atoms with E-state index in [1.54, 1.807) is 7.11 Å². The molecule has 2 amide bonds. The third kappa shape index (κ3) is 4.51. The minimum absolute atomic E-state index is 0.0522. The van der Waals surface area contributed by atoms with Gasteiger partial charge in [-0.1, -0.05) is 42.5 Å². The summed E-state index contributed by atoms with van der Waals surface area (Å²) in [6.07, 6.45) is 3.26. The smallest absolute Gasteiger partial charge is 0.251 e. The van der Waals surface area contributed by atoms with Crippen LogP contribution in [-0.4, -0.2) is 37.6 Å². The highest BCUT2D eigenvalue weighted by molar-refractivity contribution is 5.94. The van der Waals surface area contributed by atoms with E-state index in [4.69, 9.17) is 4.74 Å². The maximum Gasteiger partial charge on any atom is 0.251 e. The van der Waals surface area contributed by atoms with Gasteiger partial charge in [0, 0.05) is 37.8 Å². The second-order valence-corrected chi connectivity index (χ2v) is 8.18. The molecule has 2 aliphatic rings. The molecule has 29 heavy (non-hydrogen) atoms. The summed E-state index contributed by atoms with van der Waals surface area (Å²) < 4.78 is 5.32. The van der Waals surface area contributed by atoms with Crippen LogP contribution >= 0.6 is 0 Å². The lowest BCUT2D eigenvalue weighted by molar-refractivity contribution is -0.128. The lowest BCUT2D eigenvalue weighted by Gasteiger charge is -2.43. The molecule has 0 spiro atoms. The van der Waals surface area contributed by atoms with E-state index in [-0.39, 0.29) is 29.8 Å². The summed E-state index contributed by atoms with van der Waals surface area (Å²) in [7, 11) is 1.69. The van der Waals surface area contributed by atoms with Gasteiger partial charge in [0.25, 0.3) is 5.91 Å². The third-order valence-corrected chi connectivity index (χ3v) is 6.27. The van der Waals surface area contributed by atoms with Crippen LogP contribution in [0.3, 0.4) is 0 Å². The van der Waals surface area contributed by atoms with Crippen molar-refractivity contribution in [3.05, 3.63) is 60.2 Å². The zero-order valence-electron chi connectivity index (χ0n) is 16.8. The lowest BCUT2D eigenvalue weighted by Crippen LogP contribution is -2.56. The van der Waals surface area contributed by atoms with Crippen LogP contribution in [0.1, 0.15) is 36.0 Å². The van der Waals surface area contributed by atoms with E-state index in [9.17, 15) is 9.59 Å². The average molecular weight is 392 g/mol. The van der Waals surface area contributed by atoms with Crippen molar-refractivity contribution in [3.63, 3.8) is 0 Å². The molecule has 0 radical (unpaired) electrons. The summed E-state index contributed by atoms with van der Waals surface area (Å²) in [5.74, 6) is 0.757. The molecule has 4 rings (SSSR count). The monoisotopic (exact) mass is 392 g/mol. The number of methoxy groups -OCH3 is 1. The van der Waals surface area contributed by atoms with Gasteiger partial charge in [-0.3, -0.25) is 9.59 Å². The fourth-order valence-electron chi connectivity index (χ4n) is 4.82. The Morgan fingerprint density at radius 2 is 1.79 bits per heavy atom. The summed E-state index contributed by atoms with van der Waals surface area (Å²) in [6, 6.07) is 18.0. The van der Waals surface area contributed by atoms with Crippen molar-refractivity contribution < 1.29 is 14.3 Å². The second-order valence-electron chi connectivity index (χ2n) is 8.18. The molecule has 1 saturated carbocycles. The molecule has 1 heterocycles. The Morgan fingerprint density at radius 3 is 2.52 bits per heavy atom. The Morgan fingerprint density at radius 1 is 1.07 bits per heavy atom. The van der Waals surface area contributed by atoms with E-state index in [0.29, 0.717) is 24.5 Å². The molecular formula is C24H28N2O3. The maximum atomic E-state index is 12.7. The number of fused-ring (bicyclic) bond motifs is 1. The highest BCUT2D eigenvalue weighted by atomic mass is 16.5. The molecule has 2 aromatic carbocycles. The number of carbonyl (C=O) groups excluding carboxylic acids is 2. The van der Waals surface area contributed by atoms with E-state index in [1.165, 1.54) is 0 Å². The minimum atomic E-state index is -0.0522. The number of carbonyl (C=O) groups is 2. The first-order valence-corrected chi connectivity index (χ1v) is 10.4. The average Bonchev–Trinajstić information content (AvgIpc) is 2.74. The number of rotatable bonds is 5. The number of ether oxygens (including phenoxy) is 1. The van der Waals surface area contributed by atoms with E-state index in [2.05, 4.69) is 22.8 Å². The van der Waals surface area contributed by atoms with Gasteiger partial charge in [0.1, 0.15) is 0 Å². The third-order valence-electron chi connectivity index (χ3n) is 6.27. The number of benzene rings is 2. The van der Waals surface area contributed by atoms with Crippen molar-refractivity contribution in [2.45, 2.75) is 37.8 Å². The van der Waals surface area contributed by atoms with Crippen LogP contribution in [0.15, 0.2) is 54.6 Å². The molecule has 1 aliphatic carbocycles. The molecule has 4 atom stereocenters. The Balaban J connectivity index is 1.37. The summed E-state index contributed by atoms with van der Waals surface area (Å²) in [5, 5.41) is 6.30. The van der Waals surface area contributed by atoms with Gasteiger partial charge in [0.05, 0.1) is 0 Å². The van der Waals surface area contributed by atoms with Crippen molar-refractivity contribution in [3.8, 4) is 11.1 Å². The van der Waals surface area contributed by atoms with Gasteiger partial charge >= 0.3 is 0 Å². The molecule has 152 valence electrons. The van der Waals surface area contributed by atoms with Gasteiger partial charge in [0.2, 0.25) is 5.91 Å².